The van der Waals surface area contributed by atoms with Crippen molar-refractivity contribution in [3.63, 3.8) is 0 Å². The molecule has 0 bridgehead atoms. The maximum absolute atomic E-state index is 6.32. The van der Waals surface area contributed by atoms with Gasteiger partial charge in [-0.3, -0.25) is 4.57 Å². The van der Waals surface area contributed by atoms with E-state index >= 15 is 0 Å². The molecule has 3 rings (SSSR count). The van der Waals surface area contributed by atoms with Crippen molar-refractivity contribution in [1.29, 1.82) is 0 Å². The van der Waals surface area contributed by atoms with Gasteiger partial charge in [0, 0.05) is 10.6 Å². The van der Waals surface area contributed by atoms with Crippen LogP contribution in [0.5, 0.6) is 0 Å². The molecule has 22 heavy (non-hydrogen) atoms. The van der Waals surface area contributed by atoms with Gasteiger partial charge in [0.2, 0.25) is 0 Å². The minimum Gasteiger partial charge on any atom is -0.298 e. The quantitative estimate of drug-likeness (QED) is 0.619. The molecule has 3 aromatic rings. The highest BCUT2D eigenvalue weighted by Gasteiger charge is 2.16. The summed E-state index contributed by atoms with van der Waals surface area (Å²) in [5.41, 5.74) is 2.01. The van der Waals surface area contributed by atoms with Gasteiger partial charge in [-0.2, -0.15) is 0 Å². The lowest BCUT2D eigenvalue weighted by Gasteiger charge is -2.10. The topological polar surface area (TPSA) is 30.7 Å². The van der Waals surface area contributed by atoms with E-state index in [-0.39, 0.29) is 0 Å². The van der Waals surface area contributed by atoms with Gasteiger partial charge < -0.3 is 0 Å². The standard InChI is InChI=1S/C16H13Cl2N3S/c1-22-16-20-19-15(13-8-7-12(17)9-14(13)18)21(16)10-11-5-3-2-4-6-11/h2-9H,10H2,1H3. The number of aromatic nitrogens is 3. The Bertz CT molecular complexity index is 787. The van der Waals surface area contributed by atoms with Crippen molar-refractivity contribution in [1.82, 2.24) is 14.8 Å². The zero-order chi connectivity index (χ0) is 15.5. The average molecular weight is 350 g/mol. The molecule has 112 valence electrons. The van der Waals surface area contributed by atoms with Crippen molar-refractivity contribution in [2.45, 2.75) is 11.7 Å². The van der Waals surface area contributed by atoms with Gasteiger partial charge in [0.05, 0.1) is 11.6 Å². The van der Waals surface area contributed by atoms with Crippen LogP contribution >= 0.6 is 35.0 Å². The van der Waals surface area contributed by atoms with Gasteiger partial charge in [-0.1, -0.05) is 65.3 Å². The molecule has 0 fully saturated rings. The van der Waals surface area contributed by atoms with Gasteiger partial charge in [0.25, 0.3) is 0 Å². The summed E-state index contributed by atoms with van der Waals surface area (Å²) in [6, 6.07) is 15.6. The average Bonchev–Trinajstić information content (AvgIpc) is 2.91. The Morgan fingerprint density at radius 2 is 1.82 bits per heavy atom. The second kappa shape index (κ2) is 6.73. The fraction of sp³-hybridized carbons (Fsp3) is 0.125. The number of hydrogen-bond acceptors (Lipinski definition) is 3. The molecule has 0 aliphatic heterocycles. The predicted octanol–water partition coefficient (Wildman–Crippen LogP) is 5.02. The molecule has 1 aromatic heterocycles. The monoisotopic (exact) mass is 349 g/mol. The maximum atomic E-state index is 6.32. The van der Waals surface area contributed by atoms with Crippen LogP contribution in [-0.4, -0.2) is 21.0 Å². The van der Waals surface area contributed by atoms with E-state index in [1.54, 1.807) is 17.8 Å². The second-order valence-corrected chi connectivity index (χ2v) is 6.32. The van der Waals surface area contributed by atoms with Crippen LogP contribution in [0.15, 0.2) is 53.7 Å². The van der Waals surface area contributed by atoms with Crippen molar-refractivity contribution in [2.24, 2.45) is 0 Å². The largest absolute Gasteiger partial charge is 0.298 e. The normalized spacial score (nSPS) is 10.9. The summed E-state index contributed by atoms with van der Waals surface area (Å²) in [5.74, 6) is 0.745. The van der Waals surface area contributed by atoms with Crippen LogP contribution in [0.3, 0.4) is 0 Å². The summed E-state index contributed by atoms with van der Waals surface area (Å²) in [5, 5.41) is 10.6. The molecule has 3 nitrogen and oxygen atoms in total. The molecule has 0 radical (unpaired) electrons. The third kappa shape index (κ3) is 3.14. The van der Waals surface area contributed by atoms with E-state index in [1.165, 1.54) is 5.56 Å². The number of nitrogens with zero attached hydrogens (tertiary/aromatic N) is 3. The van der Waals surface area contributed by atoms with Gasteiger partial charge >= 0.3 is 0 Å². The van der Waals surface area contributed by atoms with Gasteiger partial charge in [-0.05, 0) is 30.0 Å². The number of rotatable bonds is 4. The van der Waals surface area contributed by atoms with Crippen LogP contribution in [0.1, 0.15) is 5.56 Å². The van der Waals surface area contributed by atoms with Gasteiger partial charge in [-0.25, -0.2) is 0 Å². The molecule has 0 spiro atoms. The highest BCUT2D eigenvalue weighted by molar-refractivity contribution is 7.98. The zero-order valence-corrected chi connectivity index (χ0v) is 14.2. The molecule has 0 atom stereocenters. The van der Waals surface area contributed by atoms with Crippen molar-refractivity contribution >= 4 is 35.0 Å². The highest BCUT2D eigenvalue weighted by atomic mass is 35.5. The van der Waals surface area contributed by atoms with E-state index in [1.807, 2.05) is 36.6 Å². The van der Waals surface area contributed by atoms with Crippen molar-refractivity contribution in [3.8, 4) is 11.4 Å². The number of halogens is 2. The SMILES string of the molecule is CSc1nnc(-c2ccc(Cl)cc2Cl)n1Cc1ccccc1. The molecule has 0 N–H and O–H groups in total. The Hall–Kier alpha value is -1.49. The maximum Gasteiger partial charge on any atom is 0.191 e. The molecular formula is C16H13Cl2N3S. The van der Waals surface area contributed by atoms with Crippen LogP contribution in [0.2, 0.25) is 10.0 Å². The molecule has 0 aliphatic rings. The van der Waals surface area contributed by atoms with Crippen LogP contribution in [0.25, 0.3) is 11.4 Å². The first-order chi connectivity index (χ1) is 10.7. The van der Waals surface area contributed by atoms with Crippen molar-refractivity contribution < 1.29 is 0 Å². The second-order valence-electron chi connectivity index (χ2n) is 4.71. The fourth-order valence-corrected chi connectivity index (χ4v) is 3.21. The Morgan fingerprint density at radius 3 is 2.50 bits per heavy atom. The van der Waals surface area contributed by atoms with Crippen LogP contribution in [0, 0.1) is 0 Å². The summed E-state index contributed by atoms with van der Waals surface area (Å²) in [6.45, 7) is 0.693. The van der Waals surface area contributed by atoms with E-state index in [9.17, 15) is 0 Å². The molecule has 6 heteroatoms. The highest BCUT2D eigenvalue weighted by Crippen LogP contribution is 2.31. The molecule has 0 amide bonds. The Balaban J connectivity index is 2.07. The summed E-state index contributed by atoms with van der Waals surface area (Å²) in [6.07, 6.45) is 1.98. The summed E-state index contributed by atoms with van der Waals surface area (Å²) >= 11 is 13.9. The van der Waals surface area contributed by atoms with E-state index in [0.29, 0.717) is 16.6 Å². The minimum absolute atomic E-state index is 0.571. The fourth-order valence-electron chi connectivity index (χ4n) is 2.22. The van der Waals surface area contributed by atoms with E-state index in [2.05, 4.69) is 26.9 Å². The number of thioether (sulfide) groups is 1. The summed E-state index contributed by atoms with van der Waals surface area (Å²) in [7, 11) is 0. The lowest BCUT2D eigenvalue weighted by Crippen LogP contribution is -2.04. The first-order valence-electron chi connectivity index (χ1n) is 6.65. The Kier molecular flexibility index (Phi) is 4.71. The molecule has 0 saturated carbocycles. The van der Waals surface area contributed by atoms with Crippen LogP contribution in [0.4, 0.5) is 0 Å². The Labute approximate surface area is 143 Å². The molecule has 1 heterocycles. The third-order valence-corrected chi connectivity index (χ3v) is 4.47. The zero-order valence-electron chi connectivity index (χ0n) is 11.8. The third-order valence-electron chi connectivity index (χ3n) is 3.25. The molecule has 2 aromatic carbocycles. The molecule has 0 unspecified atom stereocenters. The number of hydrogen-bond donors (Lipinski definition) is 0. The van der Waals surface area contributed by atoms with Crippen molar-refractivity contribution in [3.05, 3.63) is 64.1 Å². The predicted molar refractivity (Wildman–Crippen MR) is 92.8 cm³/mol. The van der Waals surface area contributed by atoms with Gasteiger partial charge in [-0.15, -0.1) is 10.2 Å². The summed E-state index contributed by atoms with van der Waals surface area (Å²) < 4.78 is 2.06. The van der Waals surface area contributed by atoms with E-state index < -0.39 is 0 Å². The van der Waals surface area contributed by atoms with Gasteiger partial charge in [0.15, 0.2) is 11.0 Å². The lowest BCUT2D eigenvalue weighted by atomic mass is 10.2. The first-order valence-corrected chi connectivity index (χ1v) is 8.63. The summed E-state index contributed by atoms with van der Waals surface area (Å²) in [4.78, 5) is 0. The minimum atomic E-state index is 0.571. The molecule has 0 saturated heterocycles. The van der Waals surface area contributed by atoms with E-state index in [4.69, 9.17) is 23.2 Å². The van der Waals surface area contributed by atoms with Crippen LogP contribution < -0.4 is 0 Å². The lowest BCUT2D eigenvalue weighted by molar-refractivity contribution is 0.716. The Morgan fingerprint density at radius 1 is 1.05 bits per heavy atom. The molecule has 0 aliphatic carbocycles. The molecular weight excluding hydrogens is 337 g/mol. The van der Waals surface area contributed by atoms with Crippen molar-refractivity contribution in [2.75, 3.05) is 6.26 Å². The number of benzene rings is 2. The van der Waals surface area contributed by atoms with Crippen LogP contribution in [-0.2, 0) is 6.54 Å². The van der Waals surface area contributed by atoms with E-state index in [0.717, 1.165) is 16.5 Å². The first kappa shape index (κ1) is 15.4. The van der Waals surface area contributed by atoms with Gasteiger partial charge in [0.1, 0.15) is 0 Å². The smallest absolute Gasteiger partial charge is 0.191 e.